The molecule has 0 bridgehead atoms. The standard InChI is InChI=1S/C26H42NSi.2C23H28NSi.2C22H34NSi/c1-19-14-22(28(9,10)11)12-13-23(19)24-15-20(16-25(2,3)4)21(18-27(24)8)17-26(5,6)7;1-17-12-13-22(24(3)16-17)20-15-21(19-10-8-7-9-11-19)23(14-18(20)2)25(4,5)6;1-17-12-13-24(3)22(14-17)20-16-21(19-10-8-7-9-11-19)23(15-18(20)2)25(4,5)6;1-16-13-21(23(6)15-18(16)14-22(3,4)5)20-11-10-19(12-17(20)2)24(7,8)9;1-16-12-19(24(7,8)9)10-11-20(16)21-13-18(14-22(3,4)5)17(2)15-23(21)6/h12-15,18H,16-17H2,1-11H3;2*7-16H,1-6H3;2*10-13,15H,14H2,1-9H3/q5*+1/i16D2,17D2;1D3;;14D2;2D3,14D2. The molecule has 0 amide bonds. The smallest absolute Gasteiger partial charge is 0.201 e. The summed E-state index contributed by atoms with van der Waals surface area (Å²) in [7, 11) is 2.62. The van der Waals surface area contributed by atoms with Crippen molar-refractivity contribution in [3.8, 4) is 78.5 Å². The van der Waals surface area contributed by atoms with Crippen LogP contribution in [0.4, 0.5) is 0 Å². The first-order chi connectivity index (χ1) is 63.4. The SMILES string of the molecule is Cc1cc[n+](C)c(-c2cc(-c3ccccc3)c([Si](C)(C)C)cc2C)c1.[2H]C([2H])([2H])c1c[n+](C)c(-c2ccc([Si](C)(C)C)cc2C)cc1C([2H])([2H])C(C)(C)C.[2H]C([2H])([2H])c1ccc(-c2cc(-c3ccccc3)c([Si](C)(C)C)cc2C)[n+](C)c1.[2H]C([2H])(c1c[n+](C)c(-c2ccc([Si](C)(C)C)cc2C)cc1C)C(C)(C)C.[2H]C([2H])(c1cc(-c2ccc([Si](C)(C)C)cc2C)[n+](C)cc1C([2H])([2H])C(C)(C)C)C(C)(C)C. The first-order valence-electron chi connectivity index (χ1n) is 52.2. The van der Waals surface area contributed by atoms with Gasteiger partial charge in [-0.15, -0.1) is 0 Å². The summed E-state index contributed by atoms with van der Waals surface area (Å²) in [4.78, 5) is 0. The topological polar surface area (TPSA) is 19.4 Å². The van der Waals surface area contributed by atoms with E-state index >= 15 is 0 Å². The van der Waals surface area contributed by atoms with Crippen LogP contribution in [0.2, 0.25) is 98.2 Å². The second-order valence-corrected chi connectivity index (χ2v) is 70.0. The Morgan fingerprint density at radius 1 is 0.254 bits per heavy atom. The molecule has 0 radical (unpaired) electrons. The zero-order valence-corrected chi connectivity index (χ0v) is 89.9. The number of aromatic nitrogens is 5. The maximum atomic E-state index is 9.04. The second kappa shape index (κ2) is 40.6. The van der Waals surface area contributed by atoms with Gasteiger partial charge in [-0.05, 0) is 218 Å². The highest BCUT2D eigenvalue weighted by atomic mass is 28.3. The summed E-state index contributed by atoms with van der Waals surface area (Å²) in [5.41, 5.74) is 24.3. The van der Waals surface area contributed by atoms with Crippen LogP contribution in [0.15, 0.2) is 213 Å². The number of hydrogen-bond acceptors (Lipinski definition) is 0. The summed E-state index contributed by atoms with van der Waals surface area (Å²) in [6.07, 6.45) is 2.63. The molecule has 0 unspecified atom stereocenters. The van der Waals surface area contributed by atoms with E-state index < -0.39 is 101 Å². The van der Waals surface area contributed by atoms with E-state index in [9.17, 15) is 0 Å². The molecule has 126 heavy (non-hydrogen) atoms. The minimum atomic E-state index is -2.39. The molecule has 12 aromatic rings. The van der Waals surface area contributed by atoms with E-state index in [4.69, 9.17) is 19.2 Å². The molecule has 670 valence electrons. The first-order valence-corrected chi connectivity index (χ1v) is 62.7. The van der Waals surface area contributed by atoms with Gasteiger partial charge in [0.05, 0.1) is 40.4 Å². The van der Waals surface area contributed by atoms with Crippen molar-refractivity contribution in [3.05, 3.63) is 285 Å². The van der Waals surface area contributed by atoms with Gasteiger partial charge in [0.15, 0.2) is 31.0 Å². The molecule has 5 aromatic heterocycles. The number of aryl methyl sites for hydroxylation is 14. The Balaban J connectivity index is 0.000000215. The van der Waals surface area contributed by atoms with Crippen molar-refractivity contribution in [2.24, 2.45) is 56.9 Å². The van der Waals surface area contributed by atoms with E-state index in [-0.39, 0.29) is 11.1 Å². The molecule has 12 rings (SSSR count). The fourth-order valence-electron chi connectivity index (χ4n) is 15.9. The fourth-order valence-corrected chi connectivity index (χ4v) is 23.0. The van der Waals surface area contributed by atoms with E-state index in [1.54, 1.807) is 49.9 Å². The zero-order chi connectivity index (χ0) is 107. The van der Waals surface area contributed by atoms with Gasteiger partial charge >= 0.3 is 0 Å². The highest BCUT2D eigenvalue weighted by Gasteiger charge is 2.31. The molecule has 0 N–H and O–H groups in total. The van der Waals surface area contributed by atoms with E-state index in [1.807, 2.05) is 137 Å². The van der Waals surface area contributed by atoms with Crippen molar-refractivity contribution >= 4 is 66.3 Å². The normalized spacial score (nSPS) is 14.6. The first kappa shape index (κ1) is 83.0. The summed E-state index contributed by atoms with van der Waals surface area (Å²) in [5, 5.41) is 7.22. The molecular formula is C116H166N5Si5+5. The third kappa shape index (κ3) is 28.4. The van der Waals surface area contributed by atoms with Gasteiger partial charge in [-0.2, -0.15) is 0 Å². The number of pyridine rings is 5. The molecule has 0 atom stereocenters. The van der Waals surface area contributed by atoms with Crippen molar-refractivity contribution in [3.63, 3.8) is 0 Å². The highest BCUT2D eigenvalue weighted by Crippen LogP contribution is 2.36. The Bertz CT molecular complexity index is 6470. The van der Waals surface area contributed by atoms with Crippen LogP contribution in [0, 0.1) is 83.8 Å². The molecule has 10 heteroatoms. The third-order valence-electron chi connectivity index (χ3n) is 22.7. The van der Waals surface area contributed by atoms with Gasteiger partial charge in [-0.25, -0.2) is 22.8 Å². The number of benzene rings is 7. The number of hydrogen-bond donors (Lipinski definition) is 0. The summed E-state index contributed by atoms with van der Waals surface area (Å²) in [5.74, 6) is 0. The van der Waals surface area contributed by atoms with Crippen molar-refractivity contribution in [2.75, 3.05) is 0 Å². The quantitative estimate of drug-likeness (QED) is 0.0679. The van der Waals surface area contributed by atoms with E-state index in [2.05, 4.69) is 314 Å². The van der Waals surface area contributed by atoms with E-state index in [0.717, 1.165) is 61.7 Å². The Kier molecular flexibility index (Phi) is 26.7. The molecule has 0 fully saturated rings. The predicted molar refractivity (Wildman–Crippen MR) is 566 cm³/mol. The lowest BCUT2D eigenvalue weighted by atomic mass is 9.81. The monoisotopic (exact) mass is 1780 g/mol. The summed E-state index contributed by atoms with van der Waals surface area (Å²) in [6.45, 7) is 68.4. The lowest BCUT2D eigenvalue weighted by molar-refractivity contribution is -0.661. The van der Waals surface area contributed by atoms with Gasteiger partial charge in [0.25, 0.3) is 0 Å². The van der Waals surface area contributed by atoms with Crippen LogP contribution in [-0.2, 0) is 60.7 Å². The van der Waals surface area contributed by atoms with Crippen LogP contribution in [0.25, 0.3) is 78.5 Å². The van der Waals surface area contributed by atoms with Crippen molar-refractivity contribution in [2.45, 2.75) is 269 Å². The summed E-state index contributed by atoms with van der Waals surface area (Å²) in [6, 6.07) is 64.6. The molecular weight excluding hydrogens is 1600 g/mol. The fraction of sp³-hybridized carbons (Fsp3) is 0.422. The second-order valence-electron chi connectivity index (χ2n) is 44.7. The van der Waals surface area contributed by atoms with E-state index in [0.29, 0.717) is 16.7 Å². The van der Waals surface area contributed by atoms with Gasteiger partial charge in [0.1, 0.15) is 35.2 Å². The van der Waals surface area contributed by atoms with Crippen LogP contribution in [0.1, 0.15) is 175 Å². The van der Waals surface area contributed by atoms with Gasteiger partial charge in [-0.3, -0.25) is 0 Å². The average molecular weight is 1790 g/mol. The lowest BCUT2D eigenvalue weighted by Crippen LogP contribution is -2.39. The Morgan fingerprint density at radius 2 is 0.595 bits per heavy atom. The van der Waals surface area contributed by atoms with Crippen molar-refractivity contribution < 1.29 is 42.0 Å². The molecule has 0 saturated heterocycles. The number of nitrogens with zero attached hydrogens (tertiary/aromatic N) is 5. The van der Waals surface area contributed by atoms with Gasteiger partial charge in [0.2, 0.25) is 28.5 Å². The molecule has 5 nitrogen and oxygen atoms in total. The van der Waals surface area contributed by atoms with Crippen molar-refractivity contribution in [1.29, 1.82) is 0 Å². The van der Waals surface area contributed by atoms with Crippen LogP contribution < -0.4 is 48.8 Å². The Labute approximate surface area is 793 Å². The minimum absolute atomic E-state index is 0.0695. The summed E-state index contributed by atoms with van der Waals surface area (Å²) >= 11 is 0. The maximum Gasteiger partial charge on any atom is 0.212 e. The van der Waals surface area contributed by atoms with Crippen LogP contribution >= 0.6 is 0 Å². The van der Waals surface area contributed by atoms with Crippen molar-refractivity contribution in [1.82, 2.24) is 0 Å². The zero-order valence-electron chi connectivity index (χ0n) is 98.9. The van der Waals surface area contributed by atoms with E-state index in [1.165, 1.54) is 87.3 Å². The predicted octanol–water partition coefficient (Wildman–Crippen LogP) is 26.1. The highest BCUT2D eigenvalue weighted by molar-refractivity contribution is 6.91. The van der Waals surface area contributed by atoms with Gasteiger partial charge in [0, 0.05) is 106 Å². The number of rotatable bonds is 16. The van der Waals surface area contributed by atoms with Crippen LogP contribution in [0.5, 0.6) is 0 Å². The van der Waals surface area contributed by atoms with Crippen LogP contribution in [0.3, 0.4) is 0 Å². The molecule has 0 aliphatic rings. The lowest BCUT2D eigenvalue weighted by Gasteiger charge is -2.24. The Hall–Kier alpha value is -8.63. The Morgan fingerprint density at radius 3 is 0.968 bits per heavy atom. The van der Waals surface area contributed by atoms with Crippen LogP contribution in [-0.4, -0.2) is 40.4 Å². The van der Waals surface area contributed by atoms with Gasteiger partial charge in [-0.1, -0.05) is 316 Å². The molecule has 5 heterocycles. The van der Waals surface area contributed by atoms with Gasteiger partial charge < -0.3 is 0 Å². The largest absolute Gasteiger partial charge is 0.212 e. The average Bonchev–Trinajstić information content (AvgIpc) is 0.733. The molecule has 0 aliphatic heterocycles. The maximum absolute atomic E-state index is 9.04. The third-order valence-corrected chi connectivity index (χ3v) is 32.9. The molecule has 0 spiro atoms. The molecule has 7 aromatic carbocycles. The minimum Gasteiger partial charge on any atom is -0.201 e. The molecule has 0 saturated carbocycles. The summed E-state index contributed by atoms with van der Waals surface area (Å²) < 4.78 is 128. The molecule has 0 aliphatic carbocycles.